The molecule has 14 heavy (non-hydrogen) atoms. The molecule has 0 aliphatic heterocycles. The molecule has 0 radical (unpaired) electrons. The van der Waals surface area contributed by atoms with Crippen molar-refractivity contribution >= 4 is 0 Å². The van der Waals surface area contributed by atoms with Crippen molar-refractivity contribution in [2.24, 2.45) is 5.73 Å². The normalized spacial score (nSPS) is 27.9. The Bertz CT molecular complexity index is 292. The molecule has 78 valence electrons. The minimum absolute atomic E-state index is 0.322. The molecule has 1 saturated carbocycles. The summed E-state index contributed by atoms with van der Waals surface area (Å²) in [5, 5.41) is 0. The fraction of sp³-hybridized carbons (Fsp3) is 0.727. The molecule has 2 N–H and O–H groups in total. The van der Waals surface area contributed by atoms with E-state index in [2.05, 4.69) is 16.5 Å². The highest BCUT2D eigenvalue weighted by Gasteiger charge is 2.24. The summed E-state index contributed by atoms with van der Waals surface area (Å²) in [4.78, 5) is 4.21. The molecule has 0 unspecified atom stereocenters. The summed E-state index contributed by atoms with van der Waals surface area (Å²) in [5.41, 5.74) is 7.46. The summed E-state index contributed by atoms with van der Waals surface area (Å²) in [6.45, 7) is 2.17. The van der Waals surface area contributed by atoms with E-state index in [1.807, 2.05) is 12.5 Å². The van der Waals surface area contributed by atoms with Gasteiger partial charge in [-0.3, -0.25) is 0 Å². The number of nitrogens with two attached hydrogens (primary N) is 1. The Labute approximate surface area is 85.3 Å². The molecule has 0 spiro atoms. The highest BCUT2D eigenvalue weighted by Crippen LogP contribution is 2.28. The fourth-order valence-corrected chi connectivity index (χ4v) is 2.39. The summed E-state index contributed by atoms with van der Waals surface area (Å²) in [7, 11) is 0. The van der Waals surface area contributed by atoms with Crippen molar-refractivity contribution in [1.82, 2.24) is 9.55 Å². The van der Waals surface area contributed by atoms with Crippen LogP contribution in [0.1, 0.15) is 44.3 Å². The minimum Gasteiger partial charge on any atom is -0.330 e. The molecule has 2 rings (SSSR count). The van der Waals surface area contributed by atoms with Crippen LogP contribution >= 0.6 is 0 Å². The third-order valence-electron chi connectivity index (χ3n) is 3.25. The van der Waals surface area contributed by atoms with Crippen LogP contribution in [-0.2, 0) is 6.42 Å². The van der Waals surface area contributed by atoms with Crippen molar-refractivity contribution in [3.8, 4) is 0 Å². The van der Waals surface area contributed by atoms with Crippen LogP contribution in [-0.4, -0.2) is 15.6 Å². The first kappa shape index (κ1) is 9.71. The lowest BCUT2D eigenvalue weighted by Gasteiger charge is -2.30. The number of rotatable bonds is 2. The average Bonchev–Trinajstić information content (AvgIpc) is 2.66. The summed E-state index contributed by atoms with van der Waals surface area (Å²) >= 11 is 0. The monoisotopic (exact) mass is 193 g/mol. The average molecular weight is 193 g/mol. The van der Waals surface area contributed by atoms with Crippen molar-refractivity contribution in [3.63, 3.8) is 0 Å². The lowest BCUT2D eigenvalue weighted by atomic mass is 9.90. The Balaban J connectivity index is 2.20. The fourth-order valence-electron chi connectivity index (χ4n) is 2.39. The largest absolute Gasteiger partial charge is 0.330 e. The lowest BCUT2D eigenvalue weighted by molar-refractivity contribution is 0.301. The van der Waals surface area contributed by atoms with E-state index >= 15 is 0 Å². The molecular weight excluding hydrogens is 174 g/mol. The topological polar surface area (TPSA) is 43.8 Å². The predicted molar refractivity (Wildman–Crippen MR) is 57.1 cm³/mol. The summed E-state index contributed by atoms with van der Waals surface area (Å²) in [6, 6.07) is 0.810. The van der Waals surface area contributed by atoms with Crippen molar-refractivity contribution in [2.45, 2.75) is 51.1 Å². The number of nitrogens with zero attached hydrogens (tertiary/aromatic N) is 2. The molecule has 3 nitrogen and oxygen atoms in total. The van der Waals surface area contributed by atoms with E-state index in [4.69, 9.17) is 5.73 Å². The van der Waals surface area contributed by atoms with Crippen molar-refractivity contribution < 1.29 is 0 Å². The smallest absolute Gasteiger partial charge is 0.0951 e. The van der Waals surface area contributed by atoms with Crippen LogP contribution in [0.2, 0.25) is 0 Å². The van der Waals surface area contributed by atoms with Gasteiger partial charge in [0, 0.05) is 24.0 Å². The summed E-state index contributed by atoms with van der Waals surface area (Å²) < 4.78 is 2.28. The van der Waals surface area contributed by atoms with Gasteiger partial charge >= 0.3 is 0 Å². The zero-order chi connectivity index (χ0) is 9.97. The maximum atomic E-state index is 6.15. The van der Waals surface area contributed by atoms with E-state index in [0.717, 1.165) is 12.8 Å². The van der Waals surface area contributed by atoms with E-state index in [0.29, 0.717) is 12.1 Å². The molecule has 1 aromatic heterocycles. The molecule has 2 atom stereocenters. The second-order valence-electron chi connectivity index (χ2n) is 4.16. The van der Waals surface area contributed by atoms with Gasteiger partial charge < -0.3 is 10.3 Å². The van der Waals surface area contributed by atoms with Crippen LogP contribution < -0.4 is 5.73 Å². The van der Waals surface area contributed by atoms with Crippen molar-refractivity contribution in [2.75, 3.05) is 0 Å². The zero-order valence-corrected chi connectivity index (χ0v) is 8.82. The van der Waals surface area contributed by atoms with Crippen LogP contribution in [0.25, 0.3) is 0 Å². The molecule has 0 saturated heterocycles. The molecule has 3 heteroatoms. The van der Waals surface area contributed by atoms with Gasteiger partial charge in [-0.05, 0) is 19.3 Å². The van der Waals surface area contributed by atoms with E-state index in [-0.39, 0.29) is 0 Å². The number of hydrogen-bond donors (Lipinski definition) is 1. The maximum absolute atomic E-state index is 6.15. The molecule has 1 aromatic rings. The van der Waals surface area contributed by atoms with Crippen molar-refractivity contribution in [3.05, 3.63) is 18.2 Å². The molecule has 1 fully saturated rings. The van der Waals surface area contributed by atoms with Gasteiger partial charge in [-0.25, -0.2) is 4.98 Å². The first-order chi connectivity index (χ1) is 6.83. The van der Waals surface area contributed by atoms with Gasteiger partial charge in [-0.1, -0.05) is 19.8 Å². The standard InChI is InChI=1S/C11H19N3/c1-2-9-7-13-8-14(9)11-6-4-3-5-10(11)12/h7-8,10-11H,2-6,12H2,1H3/t10-,11-/m1/s1. The third kappa shape index (κ3) is 1.69. The number of aromatic nitrogens is 2. The SMILES string of the molecule is CCc1cncn1[C@@H]1CCCC[C@H]1N. The molecule has 0 bridgehead atoms. The first-order valence-corrected chi connectivity index (χ1v) is 5.59. The summed E-state index contributed by atoms with van der Waals surface area (Å²) in [5.74, 6) is 0. The number of imidazole rings is 1. The quantitative estimate of drug-likeness (QED) is 0.779. The first-order valence-electron chi connectivity index (χ1n) is 5.59. The molecule has 1 aliphatic rings. The molecule has 0 aromatic carbocycles. The van der Waals surface area contributed by atoms with E-state index in [9.17, 15) is 0 Å². The van der Waals surface area contributed by atoms with E-state index in [1.165, 1.54) is 25.0 Å². The summed E-state index contributed by atoms with van der Waals surface area (Å²) in [6.07, 6.45) is 9.91. The molecule has 1 heterocycles. The van der Waals surface area contributed by atoms with Crippen LogP contribution in [0.15, 0.2) is 12.5 Å². The van der Waals surface area contributed by atoms with Gasteiger partial charge in [0.15, 0.2) is 0 Å². The Morgan fingerprint density at radius 2 is 2.29 bits per heavy atom. The van der Waals surface area contributed by atoms with Gasteiger partial charge in [-0.15, -0.1) is 0 Å². The zero-order valence-electron chi connectivity index (χ0n) is 8.82. The molecule has 1 aliphatic carbocycles. The van der Waals surface area contributed by atoms with Gasteiger partial charge in [-0.2, -0.15) is 0 Å². The van der Waals surface area contributed by atoms with Gasteiger partial charge in [0.2, 0.25) is 0 Å². The highest BCUT2D eigenvalue weighted by atomic mass is 15.1. The van der Waals surface area contributed by atoms with Crippen LogP contribution in [0.3, 0.4) is 0 Å². The highest BCUT2D eigenvalue weighted by molar-refractivity contribution is 5.02. The predicted octanol–water partition coefficient (Wildman–Crippen LogP) is 1.89. The Morgan fingerprint density at radius 3 is 3.00 bits per heavy atom. The minimum atomic E-state index is 0.322. The molecule has 0 amide bonds. The van der Waals surface area contributed by atoms with Crippen LogP contribution in [0.5, 0.6) is 0 Å². The van der Waals surface area contributed by atoms with E-state index < -0.39 is 0 Å². The maximum Gasteiger partial charge on any atom is 0.0951 e. The van der Waals surface area contributed by atoms with Crippen LogP contribution in [0.4, 0.5) is 0 Å². The lowest BCUT2D eigenvalue weighted by Crippen LogP contribution is -2.35. The second-order valence-corrected chi connectivity index (χ2v) is 4.16. The van der Waals surface area contributed by atoms with Crippen molar-refractivity contribution in [1.29, 1.82) is 0 Å². The van der Waals surface area contributed by atoms with E-state index in [1.54, 1.807) is 0 Å². The molecular formula is C11H19N3. The number of aryl methyl sites for hydroxylation is 1. The Morgan fingerprint density at radius 1 is 1.50 bits per heavy atom. The number of hydrogen-bond acceptors (Lipinski definition) is 2. The van der Waals surface area contributed by atoms with Gasteiger partial charge in [0.25, 0.3) is 0 Å². The van der Waals surface area contributed by atoms with Gasteiger partial charge in [0.05, 0.1) is 6.33 Å². The van der Waals surface area contributed by atoms with Gasteiger partial charge in [0.1, 0.15) is 0 Å². The van der Waals surface area contributed by atoms with Crippen LogP contribution in [0, 0.1) is 0 Å². The second kappa shape index (κ2) is 4.13. The Hall–Kier alpha value is -0.830. The third-order valence-corrected chi connectivity index (χ3v) is 3.25. The Kier molecular flexibility index (Phi) is 2.87.